The molecule has 2 heterocycles. The number of piperidine rings is 1. The number of carbonyl (C=O) groups excluding carboxylic acids is 1. The summed E-state index contributed by atoms with van der Waals surface area (Å²) in [5, 5.41) is 13.3. The van der Waals surface area contributed by atoms with Crippen LogP contribution in [0.4, 0.5) is 0 Å². The quantitative estimate of drug-likeness (QED) is 0.918. The van der Waals surface area contributed by atoms with Gasteiger partial charge in [0.1, 0.15) is 4.88 Å². The lowest BCUT2D eigenvalue weighted by Crippen LogP contribution is -2.46. The Labute approximate surface area is 122 Å². The number of aliphatic carboxylic acids is 1. The van der Waals surface area contributed by atoms with Crippen molar-refractivity contribution in [3.8, 4) is 0 Å². The van der Waals surface area contributed by atoms with E-state index in [1.165, 1.54) is 0 Å². The molecule has 1 aliphatic heterocycles. The first-order chi connectivity index (χ1) is 9.50. The minimum atomic E-state index is -0.734. The van der Waals surface area contributed by atoms with Gasteiger partial charge in [-0.25, -0.2) is 0 Å². The molecule has 0 saturated carbocycles. The molecule has 1 aliphatic rings. The Morgan fingerprint density at radius 1 is 1.40 bits per heavy atom. The highest BCUT2D eigenvalue weighted by molar-refractivity contribution is 7.07. The summed E-state index contributed by atoms with van der Waals surface area (Å²) in [6.07, 6.45) is 2.56. The molecular weight excluding hydrogens is 278 g/mol. The lowest BCUT2D eigenvalue weighted by Gasteiger charge is -2.38. The second-order valence-corrected chi connectivity index (χ2v) is 6.07. The minimum Gasteiger partial charge on any atom is -0.481 e. The van der Waals surface area contributed by atoms with Crippen LogP contribution in [0.25, 0.3) is 0 Å². The van der Waals surface area contributed by atoms with Crippen molar-refractivity contribution in [1.82, 2.24) is 14.5 Å². The van der Waals surface area contributed by atoms with E-state index in [0.717, 1.165) is 18.0 Å². The third-order valence-corrected chi connectivity index (χ3v) is 4.85. The van der Waals surface area contributed by atoms with Crippen molar-refractivity contribution < 1.29 is 14.7 Å². The van der Waals surface area contributed by atoms with Crippen LogP contribution < -0.4 is 0 Å². The van der Waals surface area contributed by atoms with Crippen LogP contribution in [0.15, 0.2) is 0 Å². The number of carbonyl (C=O) groups is 2. The topological polar surface area (TPSA) is 83.4 Å². The molecule has 6 nitrogen and oxygen atoms in total. The van der Waals surface area contributed by atoms with E-state index in [2.05, 4.69) is 9.59 Å². The van der Waals surface area contributed by atoms with Crippen LogP contribution in [0.2, 0.25) is 0 Å². The van der Waals surface area contributed by atoms with Crippen molar-refractivity contribution in [1.29, 1.82) is 0 Å². The second kappa shape index (κ2) is 5.87. The third kappa shape index (κ3) is 2.67. The highest BCUT2D eigenvalue weighted by Gasteiger charge is 2.41. The van der Waals surface area contributed by atoms with Crippen molar-refractivity contribution in [2.24, 2.45) is 5.41 Å². The summed E-state index contributed by atoms with van der Waals surface area (Å²) in [5.41, 5.74) is -0.0179. The average Bonchev–Trinajstić information content (AvgIpc) is 2.85. The molecule has 1 fully saturated rings. The van der Waals surface area contributed by atoms with Gasteiger partial charge < -0.3 is 10.0 Å². The van der Waals surface area contributed by atoms with Crippen molar-refractivity contribution in [2.45, 2.75) is 39.5 Å². The maximum Gasteiger partial charge on any atom is 0.309 e. The van der Waals surface area contributed by atoms with Crippen molar-refractivity contribution in [3.63, 3.8) is 0 Å². The molecular formula is C13H19N3O3S. The zero-order valence-electron chi connectivity index (χ0n) is 11.8. The Morgan fingerprint density at radius 2 is 2.05 bits per heavy atom. The standard InChI is InChI=1S/C13H19N3O3S/c1-3-4-13(12(18)19)5-7-16(8-6-13)11(17)10-9(2)14-15-20-10/h3-8H2,1-2H3,(H,18,19). The van der Waals surface area contributed by atoms with E-state index in [4.69, 9.17) is 0 Å². The predicted molar refractivity (Wildman–Crippen MR) is 74.8 cm³/mol. The number of aryl methyl sites for hydroxylation is 1. The normalized spacial score (nSPS) is 18.0. The van der Waals surface area contributed by atoms with E-state index in [-0.39, 0.29) is 5.91 Å². The molecule has 1 aromatic rings. The van der Waals surface area contributed by atoms with E-state index in [1.54, 1.807) is 11.8 Å². The molecule has 0 aliphatic carbocycles. The van der Waals surface area contributed by atoms with E-state index in [0.29, 0.717) is 42.9 Å². The van der Waals surface area contributed by atoms with Gasteiger partial charge in [0.2, 0.25) is 0 Å². The summed E-state index contributed by atoms with van der Waals surface area (Å²) in [5.74, 6) is -0.810. The lowest BCUT2D eigenvalue weighted by molar-refractivity contribution is -0.152. The summed E-state index contributed by atoms with van der Waals surface area (Å²) in [6.45, 7) is 4.73. The molecule has 1 aromatic heterocycles. The van der Waals surface area contributed by atoms with E-state index in [1.807, 2.05) is 6.92 Å². The number of hydrogen-bond donors (Lipinski definition) is 1. The van der Waals surface area contributed by atoms with Crippen LogP contribution in [0.3, 0.4) is 0 Å². The van der Waals surface area contributed by atoms with E-state index >= 15 is 0 Å². The Morgan fingerprint density at radius 3 is 2.50 bits per heavy atom. The molecule has 1 N–H and O–H groups in total. The number of aromatic nitrogens is 2. The molecule has 0 aromatic carbocycles. The van der Waals surface area contributed by atoms with Crippen LogP contribution in [0.1, 0.15) is 48.0 Å². The SMILES string of the molecule is CCCC1(C(=O)O)CCN(C(=O)c2snnc2C)CC1. The van der Waals surface area contributed by atoms with Gasteiger partial charge in [-0.1, -0.05) is 17.8 Å². The highest BCUT2D eigenvalue weighted by Crippen LogP contribution is 2.37. The van der Waals surface area contributed by atoms with Gasteiger partial charge in [-0.15, -0.1) is 5.10 Å². The maximum atomic E-state index is 12.3. The van der Waals surface area contributed by atoms with Crippen LogP contribution in [0.5, 0.6) is 0 Å². The number of rotatable bonds is 4. The van der Waals surface area contributed by atoms with E-state index < -0.39 is 11.4 Å². The van der Waals surface area contributed by atoms with Gasteiger partial charge >= 0.3 is 5.97 Å². The fourth-order valence-corrected chi connectivity index (χ4v) is 3.38. The van der Waals surface area contributed by atoms with Crippen LogP contribution in [-0.4, -0.2) is 44.6 Å². The van der Waals surface area contributed by atoms with Gasteiger partial charge in [0, 0.05) is 13.1 Å². The molecule has 1 amide bonds. The number of carboxylic acids is 1. The van der Waals surface area contributed by atoms with Gasteiger partial charge in [-0.3, -0.25) is 9.59 Å². The first kappa shape index (κ1) is 14.9. The average molecular weight is 297 g/mol. The zero-order valence-corrected chi connectivity index (χ0v) is 12.6. The number of carboxylic acid groups (broad SMARTS) is 1. The number of nitrogens with zero attached hydrogens (tertiary/aromatic N) is 3. The fourth-order valence-electron chi connectivity index (χ4n) is 2.76. The number of hydrogen-bond acceptors (Lipinski definition) is 5. The first-order valence-corrected chi connectivity index (χ1v) is 7.59. The molecule has 110 valence electrons. The molecule has 20 heavy (non-hydrogen) atoms. The van der Waals surface area contributed by atoms with Crippen LogP contribution in [-0.2, 0) is 4.79 Å². The first-order valence-electron chi connectivity index (χ1n) is 6.82. The van der Waals surface area contributed by atoms with Crippen LogP contribution in [0, 0.1) is 12.3 Å². The zero-order chi connectivity index (χ0) is 14.8. The molecule has 1 saturated heterocycles. The number of amides is 1. The van der Waals surface area contributed by atoms with Crippen molar-refractivity contribution in [2.75, 3.05) is 13.1 Å². The van der Waals surface area contributed by atoms with Crippen molar-refractivity contribution in [3.05, 3.63) is 10.6 Å². The third-order valence-electron chi connectivity index (χ3n) is 4.04. The number of likely N-dealkylation sites (tertiary alicyclic amines) is 1. The lowest BCUT2D eigenvalue weighted by atomic mass is 9.75. The van der Waals surface area contributed by atoms with Gasteiger partial charge in [-0.2, -0.15) is 0 Å². The molecule has 0 spiro atoms. The summed E-state index contributed by atoms with van der Waals surface area (Å²) in [7, 11) is 0. The van der Waals surface area contributed by atoms with Crippen molar-refractivity contribution >= 4 is 23.4 Å². The van der Waals surface area contributed by atoms with Gasteiger partial charge in [0.05, 0.1) is 11.1 Å². The molecule has 2 rings (SSSR count). The van der Waals surface area contributed by atoms with Gasteiger partial charge in [-0.05, 0) is 37.7 Å². The Bertz CT molecular complexity index is 507. The van der Waals surface area contributed by atoms with E-state index in [9.17, 15) is 14.7 Å². The Balaban J connectivity index is 2.05. The fraction of sp³-hybridized carbons (Fsp3) is 0.692. The minimum absolute atomic E-state index is 0.0759. The molecule has 0 bridgehead atoms. The maximum absolute atomic E-state index is 12.3. The van der Waals surface area contributed by atoms with Gasteiger partial charge in [0.15, 0.2) is 0 Å². The molecule has 7 heteroatoms. The highest BCUT2D eigenvalue weighted by atomic mass is 32.1. The summed E-state index contributed by atoms with van der Waals surface area (Å²) < 4.78 is 3.77. The molecule has 0 radical (unpaired) electrons. The summed E-state index contributed by atoms with van der Waals surface area (Å²) >= 11 is 1.10. The molecule has 0 atom stereocenters. The molecule has 0 unspecified atom stereocenters. The summed E-state index contributed by atoms with van der Waals surface area (Å²) in [4.78, 5) is 26.1. The summed E-state index contributed by atoms with van der Waals surface area (Å²) in [6, 6.07) is 0. The monoisotopic (exact) mass is 297 g/mol. The smallest absolute Gasteiger partial charge is 0.309 e. The van der Waals surface area contributed by atoms with Crippen LogP contribution >= 0.6 is 11.5 Å². The predicted octanol–water partition coefficient (Wildman–Crippen LogP) is 1.95. The second-order valence-electron chi connectivity index (χ2n) is 5.32. The Hall–Kier alpha value is -1.50. The van der Waals surface area contributed by atoms with Gasteiger partial charge in [0.25, 0.3) is 5.91 Å². The Kier molecular flexibility index (Phi) is 4.37. The largest absolute Gasteiger partial charge is 0.481 e.